The molecule has 0 amide bonds. The zero-order chi connectivity index (χ0) is 21.3. The number of nitrogens with one attached hydrogen (secondary N) is 1. The lowest BCUT2D eigenvalue weighted by Gasteiger charge is -2.25. The minimum atomic E-state index is -0.702. The van der Waals surface area contributed by atoms with Crippen molar-refractivity contribution in [3.05, 3.63) is 12.2 Å². The molecule has 0 saturated carbocycles. The lowest BCUT2D eigenvalue weighted by atomic mass is 9.94. The average Bonchev–Trinajstić information content (AvgIpc) is 2.62. The van der Waals surface area contributed by atoms with E-state index in [0.717, 1.165) is 38.5 Å². The maximum Gasteiger partial charge on any atom is 0.323 e. The number of aliphatic hydroxyl groups is 1. The first kappa shape index (κ1) is 26.8. The number of ketones is 1. The molecule has 2 N–H and O–H groups in total. The van der Waals surface area contributed by atoms with E-state index in [1.807, 2.05) is 13.0 Å². The van der Waals surface area contributed by atoms with Gasteiger partial charge in [0, 0.05) is 6.42 Å². The summed E-state index contributed by atoms with van der Waals surface area (Å²) in [5, 5.41) is 13.8. The summed E-state index contributed by atoms with van der Waals surface area (Å²) in [6.45, 7) is 8.42. The Bertz CT molecular complexity index is 446. The topological polar surface area (TPSA) is 75.6 Å². The largest absolute Gasteiger partial charge is 0.465 e. The van der Waals surface area contributed by atoms with Gasteiger partial charge in [0.15, 0.2) is 0 Å². The second-order valence-electron chi connectivity index (χ2n) is 7.97. The first-order valence-corrected chi connectivity index (χ1v) is 11.1. The van der Waals surface area contributed by atoms with Crippen molar-refractivity contribution < 1.29 is 19.4 Å². The number of hydrogen-bond donors (Lipinski definition) is 2. The molecule has 0 aromatic heterocycles. The fourth-order valence-electron chi connectivity index (χ4n) is 3.07. The summed E-state index contributed by atoms with van der Waals surface area (Å²) in [4.78, 5) is 23.1. The van der Waals surface area contributed by atoms with Gasteiger partial charge in [-0.2, -0.15) is 0 Å². The van der Waals surface area contributed by atoms with Crippen LogP contribution in [0.2, 0.25) is 0 Å². The van der Waals surface area contributed by atoms with Crippen molar-refractivity contribution in [3.63, 3.8) is 0 Å². The number of unbranched alkanes of at least 4 members (excludes halogenated alkanes) is 5. The number of carbonyl (C=O) groups excluding carboxylic acids is 2. The predicted octanol–water partition coefficient (Wildman–Crippen LogP) is 4.71. The number of esters is 1. The van der Waals surface area contributed by atoms with Gasteiger partial charge in [-0.05, 0) is 65.8 Å². The number of carbonyl (C=O) groups is 2. The average molecular weight is 398 g/mol. The standard InChI is InChI=1S/C23H43NO4/c1-5-7-8-14-17-23(4,27)18-19-24-21(22(26)28-6-2)16-13-11-9-10-12-15-20(3)25/h11,13,21,24,27H,5-10,12,14-19H2,1-4H3. The lowest BCUT2D eigenvalue weighted by molar-refractivity contribution is -0.145. The number of allylic oxidation sites excluding steroid dienone is 1. The molecule has 5 nitrogen and oxygen atoms in total. The zero-order valence-electron chi connectivity index (χ0n) is 18.6. The van der Waals surface area contributed by atoms with Crippen molar-refractivity contribution in [2.75, 3.05) is 13.2 Å². The molecule has 28 heavy (non-hydrogen) atoms. The molecule has 0 bridgehead atoms. The predicted molar refractivity (Wildman–Crippen MR) is 115 cm³/mol. The van der Waals surface area contributed by atoms with Crippen molar-refractivity contribution in [1.29, 1.82) is 0 Å². The molecule has 0 radical (unpaired) electrons. The third-order valence-corrected chi connectivity index (χ3v) is 4.88. The molecule has 164 valence electrons. The van der Waals surface area contributed by atoms with Crippen LogP contribution in [0.15, 0.2) is 12.2 Å². The van der Waals surface area contributed by atoms with Gasteiger partial charge in [-0.25, -0.2) is 0 Å². The van der Waals surface area contributed by atoms with Crippen LogP contribution >= 0.6 is 0 Å². The third kappa shape index (κ3) is 15.8. The normalized spacial score (nSPS) is 14.8. The van der Waals surface area contributed by atoms with Gasteiger partial charge in [0.05, 0.1) is 12.2 Å². The van der Waals surface area contributed by atoms with Crippen LogP contribution in [-0.2, 0) is 14.3 Å². The summed E-state index contributed by atoms with van der Waals surface area (Å²) in [6, 6.07) is -0.385. The molecule has 5 heteroatoms. The van der Waals surface area contributed by atoms with Crippen LogP contribution < -0.4 is 5.32 Å². The van der Waals surface area contributed by atoms with E-state index in [9.17, 15) is 14.7 Å². The minimum absolute atomic E-state index is 0.233. The van der Waals surface area contributed by atoms with E-state index in [2.05, 4.69) is 18.3 Å². The van der Waals surface area contributed by atoms with Crippen LogP contribution in [0.1, 0.15) is 98.3 Å². The van der Waals surface area contributed by atoms with Gasteiger partial charge in [-0.1, -0.05) is 44.8 Å². The van der Waals surface area contributed by atoms with Crippen LogP contribution in [0.25, 0.3) is 0 Å². The van der Waals surface area contributed by atoms with Crippen molar-refractivity contribution in [2.45, 2.75) is 110 Å². The molecule has 0 saturated heterocycles. The van der Waals surface area contributed by atoms with E-state index in [0.29, 0.717) is 32.4 Å². The van der Waals surface area contributed by atoms with E-state index in [4.69, 9.17) is 4.74 Å². The van der Waals surface area contributed by atoms with Crippen molar-refractivity contribution in [2.24, 2.45) is 0 Å². The monoisotopic (exact) mass is 397 g/mol. The van der Waals surface area contributed by atoms with Crippen LogP contribution in [0, 0.1) is 0 Å². The van der Waals surface area contributed by atoms with Crippen LogP contribution in [0.4, 0.5) is 0 Å². The maximum atomic E-state index is 12.2. The van der Waals surface area contributed by atoms with Crippen LogP contribution in [0.3, 0.4) is 0 Å². The smallest absolute Gasteiger partial charge is 0.323 e. The first-order valence-electron chi connectivity index (χ1n) is 11.1. The van der Waals surface area contributed by atoms with Gasteiger partial charge in [0.1, 0.15) is 11.8 Å². The molecule has 0 fully saturated rings. The number of rotatable bonds is 18. The number of ether oxygens (including phenoxy) is 1. The highest BCUT2D eigenvalue weighted by Crippen LogP contribution is 2.18. The summed E-state index contributed by atoms with van der Waals surface area (Å²) >= 11 is 0. The second kappa shape index (κ2) is 16.7. The molecule has 0 aliphatic heterocycles. The molecular formula is C23H43NO4. The SMILES string of the molecule is CCCCCCC(C)(O)CCNC(CC=CCCCCC(C)=O)C(=O)OCC. The minimum Gasteiger partial charge on any atom is -0.465 e. The van der Waals surface area contributed by atoms with Crippen LogP contribution in [-0.4, -0.2) is 41.7 Å². The van der Waals surface area contributed by atoms with E-state index in [-0.39, 0.29) is 17.8 Å². The van der Waals surface area contributed by atoms with Gasteiger partial charge in [-0.15, -0.1) is 0 Å². The molecule has 0 aliphatic rings. The number of Topliss-reactive ketones (excluding diaryl/α,β-unsaturated/α-hetero) is 1. The van der Waals surface area contributed by atoms with Crippen LogP contribution in [0.5, 0.6) is 0 Å². The van der Waals surface area contributed by atoms with Gasteiger partial charge in [0.2, 0.25) is 0 Å². The lowest BCUT2D eigenvalue weighted by Crippen LogP contribution is -2.40. The van der Waals surface area contributed by atoms with Gasteiger partial charge >= 0.3 is 5.97 Å². The Morgan fingerprint density at radius 1 is 1.07 bits per heavy atom. The molecule has 2 atom stereocenters. The fraction of sp³-hybridized carbons (Fsp3) is 0.826. The Balaban J connectivity index is 4.27. The van der Waals surface area contributed by atoms with Crippen molar-refractivity contribution in [1.82, 2.24) is 5.32 Å². The Morgan fingerprint density at radius 3 is 2.46 bits per heavy atom. The summed E-state index contributed by atoms with van der Waals surface area (Å²) in [6.07, 6.45) is 14.1. The van der Waals surface area contributed by atoms with Gasteiger partial charge in [-0.3, -0.25) is 4.79 Å². The molecule has 0 spiro atoms. The molecule has 0 aliphatic carbocycles. The first-order chi connectivity index (χ1) is 13.3. The summed E-state index contributed by atoms with van der Waals surface area (Å²) in [7, 11) is 0. The third-order valence-electron chi connectivity index (χ3n) is 4.88. The highest BCUT2D eigenvalue weighted by molar-refractivity contribution is 5.76. The molecule has 0 heterocycles. The molecular weight excluding hydrogens is 354 g/mol. The molecule has 0 aromatic rings. The second-order valence-corrected chi connectivity index (χ2v) is 7.97. The quantitative estimate of drug-likeness (QED) is 0.199. The Hall–Kier alpha value is -1.20. The summed E-state index contributed by atoms with van der Waals surface area (Å²) in [5.74, 6) is -0.0110. The molecule has 0 aromatic carbocycles. The van der Waals surface area contributed by atoms with E-state index >= 15 is 0 Å². The number of hydrogen-bond acceptors (Lipinski definition) is 5. The van der Waals surface area contributed by atoms with Crippen molar-refractivity contribution >= 4 is 11.8 Å². The zero-order valence-corrected chi connectivity index (χ0v) is 18.6. The summed E-state index contributed by atoms with van der Waals surface area (Å²) in [5.41, 5.74) is -0.702. The van der Waals surface area contributed by atoms with E-state index in [1.165, 1.54) is 12.8 Å². The Kier molecular flexibility index (Phi) is 16.0. The highest BCUT2D eigenvalue weighted by atomic mass is 16.5. The molecule has 2 unspecified atom stereocenters. The fourth-order valence-corrected chi connectivity index (χ4v) is 3.07. The van der Waals surface area contributed by atoms with Crippen molar-refractivity contribution in [3.8, 4) is 0 Å². The Morgan fingerprint density at radius 2 is 1.82 bits per heavy atom. The highest BCUT2D eigenvalue weighted by Gasteiger charge is 2.22. The maximum absolute atomic E-state index is 12.2. The van der Waals surface area contributed by atoms with E-state index < -0.39 is 5.60 Å². The van der Waals surface area contributed by atoms with Gasteiger partial charge in [0.25, 0.3) is 0 Å². The van der Waals surface area contributed by atoms with E-state index in [1.54, 1.807) is 13.8 Å². The molecule has 0 rings (SSSR count). The Labute approximate surface area is 172 Å². The van der Waals surface area contributed by atoms with Gasteiger partial charge < -0.3 is 20.0 Å². The summed E-state index contributed by atoms with van der Waals surface area (Å²) < 4.78 is 5.17.